The van der Waals surface area contributed by atoms with Crippen LogP contribution in [0.3, 0.4) is 0 Å². The molecular weight excluding hydrogens is 267 g/mol. The Kier molecular flexibility index (Phi) is 6.00. The summed E-state index contributed by atoms with van der Waals surface area (Å²) in [6.07, 6.45) is 2.24. The monoisotopic (exact) mass is 294 g/mol. The molecule has 0 spiro atoms. The van der Waals surface area contributed by atoms with E-state index >= 15 is 0 Å². The standard InChI is InChI=1S/C17H27FN2O/c1-4-5-13(2)17(20-10-8-19-9-11-20)15-7-6-14(21-3)12-16(15)18/h6-7,12-13,17,19H,4-5,8-11H2,1-3H3/t13?,17-/m0/s1. The zero-order valence-electron chi connectivity index (χ0n) is 13.4. The van der Waals surface area contributed by atoms with Crippen molar-refractivity contribution in [3.8, 4) is 5.75 Å². The molecule has 1 unspecified atom stereocenters. The second-order valence-corrected chi connectivity index (χ2v) is 5.88. The van der Waals surface area contributed by atoms with Gasteiger partial charge in [-0.3, -0.25) is 4.90 Å². The van der Waals surface area contributed by atoms with Crippen molar-refractivity contribution in [1.29, 1.82) is 0 Å². The molecule has 118 valence electrons. The first kappa shape index (κ1) is 16.2. The number of methoxy groups -OCH3 is 1. The lowest BCUT2D eigenvalue weighted by molar-refractivity contribution is 0.123. The highest BCUT2D eigenvalue weighted by Gasteiger charge is 2.29. The molecule has 2 atom stereocenters. The first-order chi connectivity index (χ1) is 10.2. The van der Waals surface area contributed by atoms with Crippen molar-refractivity contribution < 1.29 is 9.13 Å². The summed E-state index contributed by atoms with van der Waals surface area (Å²) in [4.78, 5) is 2.42. The summed E-state index contributed by atoms with van der Waals surface area (Å²) in [5, 5.41) is 3.37. The van der Waals surface area contributed by atoms with E-state index in [4.69, 9.17) is 4.74 Å². The first-order valence-corrected chi connectivity index (χ1v) is 7.95. The molecule has 1 aromatic rings. The lowest BCUT2D eigenvalue weighted by Gasteiger charge is -2.38. The van der Waals surface area contributed by atoms with Crippen LogP contribution in [0.1, 0.15) is 38.3 Å². The quantitative estimate of drug-likeness (QED) is 0.872. The Bertz CT molecular complexity index is 446. The molecule has 0 saturated carbocycles. The molecule has 1 heterocycles. The molecule has 0 bridgehead atoms. The van der Waals surface area contributed by atoms with Gasteiger partial charge in [-0.05, 0) is 18.4 Å². The van der Waals surface area contributed by atoms with Gasteiger partial charge in [0.2, 0.25) is 0 Å². The fourth-order valence-electron chi connectivity index (χ4n) is 3.31. The van der Waals surface area contributed by atoms with Gasteiger partial charge in [-0.1, -0.05) is 26.3 Å². The zero-order chi connectivity index (χ0) is 15.2. The summed E-state index contributed by atoms with van der Waals surface area (Å²) in [6.45, 7) is 8.34. The summed E-state index contributed by atoms with van der Waals surface area (Å²) >= 11 is 0. The Balaban J connectivity index is 2.29. The van der Waals surface area contributed by atoms with Gasteiger partial charge in [-0.2, -0.15) is 0 Å². The molecule has 1 aliphatic heterocycles. The number of hydrogen-bond donors (Lipinski definition) is 1. The van der Waals surface area contributed by atoms with Crippen LogP contribution in [0.25, 0.3) is 0 Å². The SMILES string of the molecule is CCCC(C)[C@@H](c1ccc(OC)cc1F)N1CCNCC1. The zero-order valence-corrected chi connectivity index (χ0v) is 13.4. The van der Waals surface area contributed by atoms with Crippen molar-refractivity contribution in [2.45, 2.75) is 32.7 Å². The fourth-order valence-corrected chi connectivity index (χ4v) is 3.31. The summed E-state index contributed by atoms with van der Waals surface area (Å²) in [6, 6.07) is 5.42. The van der Waals surface area contributed by atoms with Gasteiger partial charge in [0.15, 0.2) is 0 Å². The molecule has 1 aliphatic rings. The maximum atomic E-state index is 14.5. The Hall–Kier alpha value is -1.13. The van der Waals surface area contributed by atoms with Crippen LogP contribution in [0.2, 0.25) is 0 Å². The Morgan fingerprint density at radius 2 is 2.05 bits per heavy atom. The van der Waals surface area contributed by atoms with E-state index in [1.807, 2.05) is 12.1 Å². The van der Waals surface area contributed by atoms with Crippen LogP contribution in [-0.4, -0.2) is 38.2 Å². The van der Waals surface area contributed by atoms with Crippen molar-refractivity contribution in [1.82, 2.24) is 10.2 Å². The molecule has 1 N–H and O–H groups in total. The van der Waals surface area contributed by atoms with E-state index in [1.54, 1.807) is 7.11 Å². The first-order valence-electron chi connectivity index (χ1n) is 7.95. The third-order valence-electron chi connectivity index (χ3n) is 4.35. The molecule has 0 radical (unpaired) electrons. The van der Waals surface area contributed by atoms with Crippen LogP contribution < -0.4 is 10.1 Å². The van der Waals surface area contributed by atoms with Gasteiger partial charge in [0.1, 0.15) is 11.6 Å². The van der Waals surface area contributed by atoms with Gasteiger partial charge in [0.25, 0.3) is 0 Å². The molecular formula is C17H27FN2O. The Morgan fingerprint density at radius 3 is 2.62 bits per heavy atom. The summed E-state index contributed by atoms with van der Waals surface area (Å²) in [5.41, 5.74) is 0.804. The second-order valence-electron chi connectivity index (χ2n) is 5.88. The number of ether oxygens (including phenoxy) is 1. The van der Waals surface area contributed by atoms with Gasteiger partial charge in [-0.15, -0.1) is 0 Å². The molecule has 1 aromatic carbocycles. The van der Waals surface area contributed by atoms with Crippen LogP contribution >= 0.6 is 0 Å². The average Bonchev–Trinajstić information content (AvgIpc) is 2.50. The van der Waals surface area contributed by atoms with E-state index in [2.05, 4.69) is 24.1 Å². The second kappa shape index (κ2) is 7.76. The van der Waals surface area contributed by atoms with Crippen molar-refractivity contribution >= 4 is 0 Å². The number of piperazine rings is 1. The van der Waals surface area contributed by atoms with Crippen LogP contribution in [0.5, 0.6) is 5.75 Å². The molecule has 1 saturated heterocycles. The highest BCUT2D eigenvalue weighted by Crippen LogP contribution is 2.34. The van der Waals surface area contributed by atoms with E-state index in [0.717, 1.165) is 44.6 Å². The average molecular weight is 294 g/mol. The van der Waals surface area contributed by atoms with Crippen molar-refractivity contribution in [2.75, 3.05) is 33.3 Å². The van der Waals surface area contributed by atoms with E-state index in [-0.39, 0.29) is 11.9 Å². The van der Waals surface area contributed by atoms with E-state index in [1.165, 1.54) is 6.07 Å². The number of benzene rings is 1. The maximum absolute atomic E-state index is 14.5. The van der Waals surface area contributed by atoms with Gasteiger partial charge in [0.05, 0.1) is 7.11 Å². The third kappa shape index (κ3) is 3.95. The fraction of sp³-hybridized carbons (Fsp3) is 0.647. The molecule has 3 nitrogen and oxygen atoms in total. The van der Waals surface area contributed by atoms with Crippen LogP contribution in [0.4, 0.5) is 4.39 Å². The topological polar surface area (TPSA) is 24.5 Å². The molecule has 0 amide bonds. The number of hydrogen-bond acceptors (Lipinski definition) is 3. The van der Waals surface area contributed by atoms with Gasteiger partial charge >= 0.3 is 0 Å². The Labute approximate surface area is 127 Å². The number of nitrogens with one attached hydrogen (secondary N) is 1. The molecule has 21 heavy (non-hydrogen) atoms. The molecule has 0 aromatic heterocycles. The highest BCUT2D eigenvalue weighted by atomic mass is 19.1. The van der Waals surface area contributed by atoms with Crippen molar-refractivity contribution in [3.05, 3.63) is 29.6 Å². The summed E-state index contributed by atoms with van der Waals surface area (Å²) < 4.78 is 19.6. The van der Waals surface area contributed by atoms with Gasteiger partial charge in [0, 0.05) is 43.9 Å². The minimum atomic E-state index is -0.152. The minimum absolute atomic E-state index is 0.151. The van der Waals surface area contributed by atoms with Crippen LogP contribution in [0.15, 0.2) is 18.2 Å². The van der Waals surface area contributed by atoms with E-state index in [9.17, 15) is 4.39 Å². The number of rotatable bonds is 6. The highest BCUT2D eigenvalue weighted by molar-refractivity contribution is 5.31. The number of nitrogens with zero attached hydrogens (tertiary/aromatic N) is 1. The normalized spacial score (nSPS) is 19.2. The lowest BCUT2D eigenvalue weighted by Crippen LogP contribution is -2.46. The summed E-state index contributed by atoms with van der Waals surface area (Å²) in [7, 11) is 1.57. The van der Waals surface area contributed by atoms with Crippen molar-refractivity contribution in [2.24, 2.45) is 5.92 Å². The lowest BCUT2D eigenvalue weighted by atomic mass is 9.89. The van der Waals surface area contributed by atoms with Crippen LogP contribution in [0, 0.1) is 11.7 Å². The minimum Gasteiger partial charge on any atom is -0.497 e. The van der Waals surface area contributed by atoms with Gasteiger partial charge < -0.3 is 10.1 Å². The Morgan fingerprint density at radius 1 is 1.33 bits per heavy atom. The van der Waals surface area contributed by atoms with E-state index < -0.39 is 0 Å². The van der Waals surface area contributed by atoms with Crippen molar-refractivity contribution in [3.63, 3.8) is 0 Å². The largest absolute Gasteiger partial charge is 0.497 e. The smallest absolute Gasteiger partial charge is 0.131 e. The predicted molar refractivity (Wildman–Crippen MR) is 84.2 cm³/mol. The predicted octanol–water partition coefficient (Wildman–Crippen LogP) is 3.22. The molecule has 2 rings (SSSR count). The molecule has 4 heteroatoms. The third-order valence-corrected chi connectivity index (χ3v) is 4.35. The van der Waals surface area contributed by atoms with E-state index in [0.29, 0.717) is 11.7 Å². The van der Waals surface area contributed by atoms with Gasteiger partial charge in [-0.25, -0.2) is 4.39 Å². The van der Waals surface area contributed by atoms with Crippen LogP contribution in [-0.2, 0) is 0 Å². The maximum Gasteiger partial charge on any atom is 0.131 e. The summed E-state index contributed by atoms with van der Waals surface area (Å²) in [5.74, 6) is 0.871. The molecule has 1 fully saturated rings. The molecule has 0 aliphatic carbocycles. The number of halogens is 1.